The van der Waals surface area contributed by atoms with E-state index in [-0.39, 0.29) is 46.4 Å². The molecule has 226 valence electrons. The molecule has 45 heavy (non-hydrogen) atoms. The molecule has 1 saturated heterocycles. The summed E-state index contributed by atoms with van der Waals surface area (Å²) in [4.78, 5) is 69.0. The Hall–Kier alpha value is -5.22. The number of ether oxygens (including phenoxy) is 1. The lowest BCUT2D eigenvalue weighted by Crippen LogP contribution is -2.31. The van der Waals surface area contributed by atoms with Crippen LogP contribution in [0.2, 0.25) is 5.02 Å². The fraction of sp³-hybridized carbons (Fsp3) is 0.206. The standard InChI is InChI=1S/C34H26ClN3O7/c1-18-5-3-8-25-30(18)33(41)37(32(25)40)22-11-9-20(10-12-22)28-16-26(24-13-14-27(35)19(2)31(24)36-28)34(42)45-17-29(39)21-6-4-7-23(15-21)38(43)44/h3-7,9-16,18,25,30H,8,17H2,1-2H3. The van der Waals surface area contributed by atoms with Gasteiger partial charge in [0.25, 0.3) is 5.69 Å². The molecule has 0 spiro atoms. The third-order valence-corrected chi connectivity index (χ3v) is 8.81. The van der Waals surface area contributed by atoms with E-state index in [1.54, 1.807) is 49.4 Å². The number of nitro benzene ring substituents is 1. The van der Waals surface area contributed by atoms with Crippen molar-refractivity contribution in [1.29, 1.82) is 0 Å². The Kier molecular flexibility index (Phi) is 7.76. The number of hydrogen-bond donors (Lipinski definition) is 0. The number of nitro groups is 1. The molecule has 11 heteroatoms. The van der Waals surface area contributed by atoms with Crippen LogP contribution in [0.25, 0.3) is 22.2 Å². The van der Waals surface area contributed by atoms with Gasteiger partial charge < -0.3 is 4.74 Å². The second-order valence-electron chi connectivity index (χ2n) is 11.1. The Morgan fingerprint density at radius 3 is 2.53 bits per heavy atom. The first-order chi connectivity index (χ1) is 21.5. The van der Waals surface area contributed by atoms with Crippen LogP contribution in [0, 0.1) is 34.8 Å². The molecule has 3 unspecified atom stereocenters. The molecule has 2 amide bonds. The maximum atomic E-state index is 13.4. The Morgan fingerprint density at radius 1 is 1.07 bits per heavy atom. The van der Waals surface area contributed by atoms with Crippen molar-refractivity contribution < 1.29 is 28.8 Å². The summed E-state index contributed by atoms with van der Waals surface area (Å²) in [6, 6.07) is 16.8. The third-order valence-electron chi connectivity index (χ3n) is 8.40. The lowest BCUT2D eigenvalue weighted by Gasteiger charge is -2.22. The average molecular weight is 624 g/mol. The number of aromatic nitrogens is 1. The predicted octanol–water partition coefficient (Wildman–Crippen LogP) is 6.51. The van der Waals surface area contributed by atoms with Crippen molar-refractivity contribution in [3.63, 3.8) is 0 Å². The first-order valence-electron chi connectivity index (χ1n) is 14.2. The van der Waals surface area contributed by atoms with Gasteiger partial charge >= 0.3 is 5.97 Å². The maximum absolute atomic E-state index is 13.4. The molecule has 0 saturated carbocycles. The summed E-state index contributed by atoms with van der Waals surface area (Å²) < 4.78 is 5.37. The second-order valence-corrected chi connectivity index (χ2v) is 11.6. The number of Topliss-reactive ketones (excluding diaryl/α,β-unsaturated/α-hetero) is 1. The zero-order valence-corrected chi connectivity index (χ0v) is 25.0. The van der Waals surface area contributed by atoms with Gasteiger partial charge in [0.15, 0.2) is 6.61 Å². The molecule has 2 aliphatic rings. The number of amides is 2. The van der Waals surface area contributed by atoms with Gasteiger partial charge in [0.1, 0.15) is 0 Å². The van der Waals surface area contributed by atoms with Crippen molar-refractivity contribution >= 4 is 57.4 Å². The fourth-order valence-electron chi connectivity index (χ4n) is 5.99. The summed E-state index contributed by atoms with van der Waals surface area (Å²) in [5.74, 6) is -2.60. The summed E-state index contributed by atoms with van der Waals surface area (Å²) in [7, 11) is 0. The van der Waals surface area contributed by atoms with Crippen LogP contribution in [-0.4, -0.2) is 40.1 Å². The van der Waals surface area contributed by atoms with E-state index in [0.717, 1.165) is 6.07 Å². The van der Waals surface area contributed by atoms with Gasteiger partial charge in [-0.3, -0.25) is 29.4 Å². The molecular weight excluding hydrogens is 598 g/mol. The van der Waals surface area contributed by atoms with Crippen LogP contribution in [0.15, 0.2) is 78.9 Å². The molecule has 3 atom stereocenters. The van der Waals surface area contributed by atoms with Crippen LogP contribution in [0.1, 0.15) is 39.6 Å². The van der Waals surface area contributed by atoms with E-state index in [1.807, 2.05) is 19.1 Å². The van der Waals surface area contributed by atoms with Gasteiger partial charge in [0.05, 0.1) is 39.2 Å². The van der Waals surface area contributed by atoms with Crippen LogP contribution in [0.5, 0.6) is 0 Å². The number of allylic oxidation sites excluding steroid dienone is 2. The summed E-state index contributed by atoms with van der Waals surface area (Å²) in [5.41, 5.74) is 2.48. The molecule has 0 bridgehead atoms. The van der Waals surface area contributed by atoms with Crippen molar-refractivity contribution in [3.05, 3.63) is 111 Å². The molecular formula is C34H26ClN3O7. The number of rotatable bonds is 7. The maximum Gasteiger partial charge on any atom is 0.339 e. The van der Waals surface area contributed by atoms with Crippen molar-refractivity contribution in [1.82, 2.24) is 4.98 Å². The molecule has 1 aliphatic carbocycles. The Balaban J connectivity index is 1.30. The number of hydrogen-bond acceptors (Lipinski definition) is 8. The topological polar surface area (TPSA) is 137 Å². The molecule has 1 aromatic heterocycles. The summed E-state index contributed by atoms with van der Waals surface area (Å²) in [5, 5.41) is 12.0. The molecule has 4 aromatic rings. The number of esters is 1. The van der Waals surface area contributed by atoms with Gasteiger partial charge in [0.2, 0.25) is 17.6 Å². The van der Waals surface area contributed by atoms with Crippen LogP contribution < -0.4 is 4.90 Å². The minimum absolute atomic E-state index is 0.0268. The Bertz CT molecular complexity index is 1950. The van der Waals surface area contributed by atoms with Crippen molar-refractivity contribution in [2.75, 3.05) is 11.5 Å². The van der Waals surface area contributed by atoms with E-state index >= 15 is 0 Å². The first-order valence-corrected chi connectivity index (χ1v) is 14.6. The second kappa shape index (κ2) is 11.7. The van der Waals surface area contributed by atoms with E-state index in [4.69, 9.17) is 21.3 Å². The van der Waals surface area contributed by atoms with E-state index in [0.29, 0.717) is 44.9 Å². The highest BCUT2D eigenvalue weighted by atomic mass is 35.5. The van der Waals surface area contributed by atoms with Gasteiger partial charge in [-0.1, -0.05) is 61.0 Å². The van der Waals surface area contributed by atoms with E-state index in [9.17, 15) is 29.3 Å². The number of aryl methyl sites for hydroxylation is 1. The van der Waals surface area contributed by atoms with Crippen LogP contribution in [0.4, 0.5) is 11.4 Å². The number of carbonyl (C=O) groups excluding carboxylic acids is 4. The average Bonchev–Trinajstić information content (AvgIpc) is 3.31. The highest BCUT2D eigenvalue weighted by Crippen LogP contribution is 2.41. The first kappa shape index (κ1) is 29.8. The highest BCUT2D eigenvalue weighted by molar-refractivity contribution is 6.32. The number of anilines is 1. The number of non-ortho nitro benzene ring substituents is 1. The summed E-state index contributed by atoms with van der Waals surface area (Å²) in [6.07, 6.45) is 4.47. The zero-order valence-electron chi connectivity index (χ0n) is 24.2. The number of nitrogens with zero attached hydrogens (tertiary/aromatic N) is 3. The Labute approximate surface area is 262 Å². The van der Waals surface area contributed by atoms with Crippen molar-refractivity contribution in [2.24, 2.45) is 17.8 Å². The number of halogens is 1. The van der Waals surface area contributed by atoms with Crippen LogP contribution >= 0.6 is 11.6 Å². The molecule has 0 radical (unpaired) electrons. The van der Waals surface area contributed by atoms with Gasteiger partial charge in [-0.05, 0) is 49.1 Å². The number of fused-ring (bicyclic) bond motifs is 2. The fourth-order valence-corrected chi connectivity index (χ4v) is 6.14. The predicted molar refractivity (Wildman–Crippen MR) is 167 cm³/mol. The van der Waals surface area contributed by atoms with Crippen LogP contribution in [-0.2, 0) is 14.3 Å². The smallest absolute Gasteiger partial charge is 0.339 e. The number of carbonyl (C=O) groups is 4. The normalized spacial score (nSPS) is 19.1. The van der Waals surface area contributed by atoms with E-state index in [1.165, 1.54) is 23.1 Å². The lowest BCUT2D eigenvalue weighted by atomic mass is 9.78. The summed E-state index contributed by atoms with van der Waals surface area (Å²) in [6.45, 7) is 3.08. The van der Waals surface area contributed by atoms with Gasteiger partial charge in [0, 0.05) is 33.7 Å². The SMILES string of the molecule is Cc1c(Cl)ccc2c(C(=O)OCC(=O)c3cccc([N+](=O)[O-])c3)cc(-c3ccc(N4C(=O)C5CC=CC(C)C5C4=O)cc3)nc12. The zero-order chi connectivity index (χ0) is 32.0. The van der Waals surface area contributed by atoms with Crippen LogP contribution in [0.3, 0.4) is 0 Å². The molecule has 10 nitrogen and oxygen atoms in total. The molecule has 6 rings (SSSR count). The molecule has 0 N–H and O–H groups in total. The highest BCUT2D eigenvalue weighted by Gasteiger charge is 2.50. The summed E-state index contributed by atoms with van der Waals surface area (Å²) >= 11 is 6.38. The minimum atomic E-state index is -0.792. The largest absolute Gasteiger partial charge is 0.454 e. The number of pyridine rings is 1. The molecule has 2 heterocycles. The third kappa shape index (κ3) is 5.38. The minimum Gasteiger partial charge on any atom is -0.454 e. The van der Waals surface area contributed by atoms with Gasteiger partial charge in [-0.25, -0.2) is 9.78 Å². The number of benzene rings is 3. The van der Waals surface area contributed by atoms with Crippen molar-refractivity contribution in [2.45, 2.75) is 20.3 Å². The number of ketones is 1. The number of imide groups is 1. The Morgan fingerprint density at radius 2 is 1.82 bits per heavy atom. The molecule has 1 fully saturated rings. The van der Waals surface area contributed by atoms with Gasteiger partial charge in [-0.2, -0.15) is 0 Å². The van der Waals surface area contributed by atoms with Gasteiger partial charge in [-0.15, -0.1) is 0 Å². The molecule has 3 aromatic carbocycles. The lowest BCUT2D eigenvalue weighted by molar-refractivity contribution is -0.384. The monoisotopic (exact) mass is 623 g/mol. The quantitative estimate of drug-likeness (QED) is 0.0567. The molecule has 1 aliphatic heterocycles. The van der Waals surface area contributed by atoms with Crippen molar-refractivity contribution in [3.8, 4) is 11.3 Å². The van der Waals surface area contributed by atoms with E-state index < -0.39 is 23.3 Å². The van der Waals surface area contributed by atoms with E-state index in [2.05, 4.69) is 0 Å².